The summed E-state index contributed by atoms with van der Waals surface area (Å²) in [5.41, 5.74) is -0.523. The monoisotopic (exact) mass is 420 g/mol. The summed E-state index contributed by atoms with van der Waals surface area (Å²) in [6, 6.07) is 12.8. The molecule has 1 saturated heterocycles. The zero-order chi connectivity index (χ0) is 21.7. The van der Waals surface area contributed by atoms with Crippen LogP contribution in [0.1, 0.15) is 36.9 Å². The molecule has 0 saturated carbocycles. The van der Waals surface area contributed by atoms with Crippen molar-refractivity contribution in [3.8, 4) is 5.75 Å². The quantitative estimate of drug-likeness (QED) is 0.738. The van der Waals surface area contributed by atoms with Gasteiger partial charge in [-0.3, -0.25) is 9.59 Å². The Balaban J connectivity index is 1.79. The van der Waals surface area contributed by atoms with Gasteiger partial charge in [0.15, 0.2) is 6.10 Å². The van der Waals surface area contributed by atoms with E-state index < -0.39 is 29.8 Å². The molecule has 1 aliphatic heterocycles. The van der Waals surface area contributed by atoms with Gasteiger partial charge in [0, 0.05) is 19.5 Å². The van der Waals surface area contributed by atoms with Crippen molar-refractivity contribution in [1.29, 1.82) is 0 Å². The standard InChI is InChI=1S/C22H23F3N2O3/c1-15(30-18-9-3-2-4-10-18)21(29)26-19(14-27-12-6-11-20(27)28)16-7-5-8-17(13-16)22(23,24)25/h2-5,7-10,13,15,19H,6,11-12,14H2,1H3,(H,26,29)/t15-,19+/m0/s1. The van der Waals surface area contributed by atoms with Crippen LogP contribution in [-0.2, 0) is 15.8 Å². The van der Waals surface area contributed by atoms with Crippen LogP contribution < -0.4 is 10.1 Å². The maximum Gasteiger partial charge on any atom is 0.416 e. The Kier molecular flexibility index (Phi) is 6.64. The molecule has 0 aromatic heterocycles. The van der Waals surface area contributed by atoms with Crippen LogP contribution in [0.3, 0.4) is 0 Å². The third-order valence-corrected chi connectivity index (χ3v) is 4.93. The Hall–Kier alpha value is -3.03. The number of ether oxygens (including phenoxy) is 1. The van der Waals surface area contributed by atoms with E-state index in [4.69, 9.17) is 4.74 Å². The van der Waals surface area contributed by atoms with Crippen molar-refractivity contribution in [3.63, 3.8) is 0 Å². The third kappa shape index (κ3) is 5.52. The smallest absolute Gasteiger partial charge is 0.416 e. The first-order valence-corrected chi connectivity index (χ1v) is 9.71. The van der Waals surface area contributed by atoms with E-state index >= 15 is 0 Å². The lowest BCUT2D eigenvalue weighted by molar-refractivity contribution is -0.137. The van der Waals surface area contributed by atoms with Crippen molar-refractivity contribution in [1.82, 2.24) is 10.2 Å². The summed E-state index contributed by atoms with van der Waals surface area (Å²) in [5, 5.41) is 2.75. The summed E-state index contributed by atoms with van der Waals surface area (Å²) >= 11 is 0. The van der Waals surface area contributed by atoms with Crippen molar-refractivity contribution < 1.29 is 27.5 Å². The SMILES string of the molecule is C[C@H](Oc1ccccc1)C(=O)N[C@H](CN1CCCC1=O)c1cccc(C(F)(F)F)c1. The van der Waals surface area contributed by atoms with Gasteiger partial charge in [0.2, 0.25) is 5.91 Å². The Morgan fingerprint density at radius 2 is 1.90 bits per heavy atom. The van der Waals surface area contributed by atoms with Crippen molar-refractivity contribution in [2.45, 2.75) is 38.1 Å². The van der Waals surface area contributed by atoms with Gasteiger partial charge in [-0.1, -0.05) is 30.3 Å². The lowest BCUT2D eigenvalue weighted by atomic mass is 10.0. The number of carbonyl (C=O) groups excluding carboxylic acids is 2. The maximum absolute atomic E-state index is 13.2. The number of rotatable bonds is 7. The molecule has 0 aliphatic carbocycles. The van der Waals surface area contributed by atoms with Gasteiger partial charge < -0.3 is 15.0 Å². The minimum Gasteiger partial charge on any atom is -0.481 e. The van der Waals surface area contributed by atoms with E-state index in [-0.39, 0.29) is 18.0 Å². The number of para-hydroxylation sites is 1. The number of carbonyl (C=O) groups is 2. The van der Waals surface area contributed by atoms with Crippen LogP contribution in [0.15, 0.2) is 54.6 Å². The molecule has 30 heavy (non-hydrogen) atoms. The van der Waals surface area contributed by atoms with Crippen molar-refractivity contribution >= 4 is 11.8 Å². The van der Waals surface area contributed by atoms with Crippen molar-refractivity contribution in [2.24, 2.45) is 0 Å². The Morgan fingerprint density at radius 3 is 2.53 bits per heavy atom. The average molecular weight is 420 g/mol. The highest BCUT2D eigenvalue weighted by Gasteiger charge is 2.32. The van der Waals surface area contributed by atoms with Crippen LogP contribution in [0.5, 0.6) is 5.75 Å². The highest BCUT2D eigenvalue weighted by Crippen LogP contribution is 2.31. The van der Waals surface area contributed by atoms with E-state index in [2.05, 4.69) is 5.32 Å². The molecule has 1 fully saturated rings. The summed E-state index contributed by atoms with van der Waals surface area (Å²) in [6.45, 7) is 2.18. The third-order valence-electron chi connectivity index (χ3n) is 4.93. The molecule has 0 radical (unpaired) electrons. The minimum atomic E-state index is -4.50. The first-order chi connectivity index (χ1) is 14.2. The van der Waals surface area contributed by atoms with Gasteiger partial charge >= 0.3 is 6.18 Å². The molecule has 160 valence electrons. The number of nitrogens with zero attached hydrogens (tertiary/aromatic N) is 1. The fourth-order valence-electron chi connectivity index (χ4n) is 3.33. The summed E-state index contributed by atoms with van der Waals surface area (Å²) in [6.07, 6.45) is -4.28. The van der Waals surface area contributed by atoms with Gasteiger partial charge in [-0.15, -0.1) is 0 Å². The van der Waals surface area contributed by atoms with E-state index in [9.17, 15) is 22.8 Å². The second-order valence-electron chi connectivity index (χ2n) is 7.20. The highest BCUT2D eigenvalue weighted by molar-refractivity contribution is 5.81. The molecular weight excluding hydrogens is 397 g/mol. The largest absolute Gasteiger partial charge is 0.481 e. The zero-order valence-corrected chi connectivity index (χ0v) is 16.5. The number of amides is 2. The van der Waals surface area contributed by atoms with Crippen molar-refractivity contribution in [2.75, 3.05) is 13.1 Å². The van der Waals surface area contributed by atoms with Crippen LogP contribution >= 0.6 is 0 Å². The van der Waals surface area contributed by atoms with Gasteiger partial charge in [-0.2, -0.15) is 13.2 Å². The van der Waals surface area contributed by atoms with Gasteiger partial charge in [0.25, 0.3) is 5.91 Å². The van der Waals surface area contributed by atoms with Crippen molar-refractivity contribution in [3.05, 3.63) is 65.7 Å². The topological polar surface area (TPSA) is 58.6 Å². The van der Waals surface area contributed by atoms with Crippen LogP contribution in [-0.4, -0.2) is 35.9 Å². The number of nitrogens with one attached hydrogen (secondary N) is 1. The summed E-state index contributed by atoms with van der Waals surface area (Å²) in [5.74, 6) is -0.0480. The normalized spacial score (nSPS) is 16.3. The molecule has 2 atom stereocenters. The molecule has 0 unspecified atom stereocenters. The van der Waals surface area contributed by atoms with E-state index in [0.717, 1.165) is 12.1 Å². The van der Waals surface area contributed by atoms with E-state index in [1.165, 1.54) is 12.1 Å². The molecule has 1 aliphatic rings. The predicted octanol–water partition coefficient (Wildman–Crippen LogP) is 3.95. The fourth-order valence-corrected chi connectivity index (χ4v) is 3.33. The average Bonchev–Trinajstić information content (AvgIpc) is 3.12. The molecule has 1 heterocycles. The number of halogens is 3. The minimum absolute atomic E-state index is 0.0743. The lowest BCUT2D eigenvalue weighted by Crippen LogP contribution is -2.43. The van der Waals surface area contributed by atoms with E-state index in [1.807, 2.05) is 6.07 Å². The lowest BCUT2D eigenvalue weighted by Gasteiger charge is -2.27. The van der Waals surface area contributed by atoms with Crippen LogP contribution in [0.25, 0.3) is 0 Å². The predicted molar refractivity (Wildman–Crippen MR) is 105 cm³/mol. The fraction of sp³-hybridized carbons (Fsp3) is 0.364. The molecule has 8 heteroatoms. The number of benzene rings is 2. The molecule has 1 N–H and O–H groups in total. The maximum atomic E-state index is 13.2. The van der Waals surface area contributed by atoms with E-state index in [0.29, 0.717) is 25.1 Å². The summed E-state index contributed by atoms with van der Waals surface area (Å²) in [7, 11) is 0. The molecule has 2 aromatic rings. The molecule has 5 nitrogen and oxygen atoms in total. The summed E-state index contributed by atoms with van der Waals surface area (Å²) in [4.78, 5) is 26.3. The first kappa shape index (κ1) is 21.7. The number of hydrogen-bond donors (Lipinski definition) is 1. The highest BCUT2D eigenvalue weighted by atomic mass is 19.4. The molecule has 2 amide bonds. The van der Waals surface area contributed by atoms with Crippen LogP contribution in [0, 0.1) is 0 Å². The van der Waals surface area contributed by atoms with Crippen LogP contribution in [0.4, 0.5) is 13.2 Å². The zero-order valence-electron chi connectivity index (χ0n) is 16.5. The second-order valence-corrected chi connectivity index (χ2v) is 7.20. The first-order valence-electron chi connectivity index (χ1n) is 9.71. The molecule has 0 bridgehead atoms. The van der Waals surface area contributed by atoms with Gasteiger partial charge in [0.1, 0.15) is 5.75 Å². The van der Waals surface area contributed by atoms with Gasteiger partial charge in [-0.05, 0) is 43.2 Å². The Bertz CT molecular complexity index is 887. The summed E-state index contributed by atoms with van der Waals surface area (Å²) < 4.78 is 45.1. The number of likely N-dealkylation sites (tertiary alicyclic amines) is 1. The Morgan fingerprint density at radius 1 is 1.17 bits per heavy atom. The van der Waals surface area contributed by atoms with Gasteiger partial charge in [0.05, 0.1) is 11.6 Å². The Labute approximate surface area is 172 Å². The molecule has 2 aromatic carbocycles. The van der Waals surface area contributed by atoms with Crippen LogP contribution in [0.2, 0.25) is 0 Å². The van der Waals surface area contributed by atoms with E-state index in [1.54, 1.807) is 36.1 Å². The van der Waals surface area contributed by atoms with Gasteiger partial charge in [-0.25, -0.2) is 0 Å². The number of hydrogen-bond acceptors (Lipinski definition) is 3. The molecule has 3 rings (SSSR count). The molecular formula is C22H23F3N2O3. The molecule has 0 spiro atoms. The second kappa shape index (κ2) is 9.19. The number of alkyl halides is 3.